The van der Waals surface area contributed by atoms with E-state index in [-0.39, 0.29) is 11.7 Å². The van der Waals surface area contributed by atoms with Crippen LogP contribution in [-0.2, 0) is 11.3 Å². The van der Waals surface area contributed by atoms with E-state index < -0.39 is 0 Å². The van der Waals surface area contributed by atoms with E-state index in [9.17, 15) is 4.79 Å². The number of rotatable bonds is 9. The summed E-state index contributed by atoms with van der Waals surface area (Å²) >= 11 is 0. The summed E-state index contributed by atoms with van der Waals surface area (Å²) in [6.45, 7) is 8.44. The number of Topliss-reactive ketones (excluding diaryl/α,β-unsaturated/α-hetero) is 1. The van der Waals surface area contributed by atoms with Crippen LogP contribution >= 0.6 is 0 Å². The van der Waals surface area contributed by atoms with Gasteiger partial charge in [-0.25, -0.2) is 4.98 Å². The minimum Gasteiger partial charge on any atom is -0.497 e. The minimum absolute atomic E-state index is 0.241. The second kappa shape index (κ2) is 10.9. The molecule has 0 N–H and O–H groups in total. The quantitative estimate of drug-likeness (QED) is 0.419. The molecule has 2 aromatic heterocycles. The molecule has 1 aliphatic rings. The van der Waals surface area contributed by atoms with Crippen LogP contribution in [0.1, 0.15) is 50.3 Å². The van der Waals surface area contributed by atoms with E-state index >= 15 is 0 Å². The number of carbonyl (C=O) groups excluding carboxylic acids is 1. The molecule has 0 spiro atoms. The van der Waals surface area contributed by atoms with Crippen LogP contribution in [0.15, 0.2) is 42.6 Å². The lowest BCUT2D eigenvalue weighted by Crippen LogP contribution is -2.35. The maximum Gasteiger partial charge on any atom is 0.154 e. The molecule has 186 valence electrons. The third-order valence-corrected chi connectivity index (χ3v) is 6.83. The maximum atomic E-state index is 13.1. The van der Waals surface area contributed by atoms with Crippen molar-refractivity contribution in [3.8, 4) is 22.8 Å². The van der Waals surface area contributed by atoms with Gasteiger partial charge in [-0.1, -0.05) is 13.8 Å². The Morgan fingerprint density at radius 3 is 2.51 bits per heavy atom. The lowest BCUT2D eigenvalue weighted by molar-refractivity contribution is -0.120. The molecule has 3 heterocycles. The average Bonchev–Trinajstić information content (AvgIpc) is 3.28. The van der Waals surface area contributed by atoms with Crippen molar-refractivity contribution in [2.45, 2.75) is 52.5 Å². The summed E-state index contributed by atoms with van der Waals surface area (Å²) in [5.41, 5.74) is 4.08. The predicted molar refractivity (Wildman–Crippen MR) is 138 cm³/mol. The number of pyridine rings is 1. The molecule has 1 fully saturated rings. The van der Waals surface area contributed by atoms with E-state index in [1.807, 2.05) is 35.9 Å². The fourth-order valence-corrected chi connectivity index (χ4v) is 4.82. The third kappa shape index (κ3) is 5.84. The van der Waals surface area contributed by atoms with Gasteiger partial charge in [-0.15, -0.1) is 0 Å². The van der Waals surface area contributed by atoms with Crippen LogP contribution in [0.4, 0.5) is 5.82 Å². The van der Waals surface area contributed by atoms with Gasteiger partial charge in [0.25, 0.3) is 0 Å². The van der Waals surface area contributed by atoms with E-state index in [0.29, 0.717) is 18.9 Å². The Morgan fingerprint density at radius 2 is 1.86 bits per heavy atom. The highest BCUT2D eigenvalue weighted by molar-refractivity contribution is 5.78. The zero-order valence-corrected chi connectivity index (χ0v) is 21.5. The number of hydrogen-bond acceptors (Lipinski definition) is 6. The first-order valence-electron chi connectivity index (χ1n) is 12.4. The van der Waals surface area contributed by atoms with Crippen molar-refractivity contribution < 1.29 is 14.3 Å². The van der Waals surface area contributed by atoms with Gasteiger partial charge in [0.2, 0.25) is 0 Å². The number of ether oxygens (including phenoxy) is 2. The highest BCUT2D eigenvalue weighted by Crippen LogP contribution is 2.29. The highest BCUT2D eigenvalue weighted by atomic mass is 16.5. The number of carbonyl (C=O) groups is 1. The van der Waals surface area contributed by atoms with Gasteiger partial charge < -0.3 is 14.4 Å². The smallest absolute Gasteiger partial charge is 0.154 e. The molecular formula is C28H36N4O3. The SMILES string of the molecule is COc1ccnc(N2CCC(CC(=O)Cn3nc(-c4ccc(OC)c(C)c4)cc3C(C)C)CC2)c1. The molecule has 0 unspecified atom stereocenters. The monoisotopic (exact) mass is 476 g/mol. The van der Waals surface area contributed by atoms with Crippen LogP contribution < -0.4 is 14.4 Å². The van der Waals surface area contributed by atoms with Crippen LogP contribution in [-0.4, -0.2) is 47.9 Å². The molecule has 0 amide bonds. The van der Waals surface area contributed by atoms with E-state index in [0.717, 1.165) is 65.8 Å². The number of anilines is 1. The summed E-state index contributed by atoms with van der Waals surface area (Å²) in [6.07, 6.45) is 4.34. The second-order valence-corrected chi connectivity index (χ2v) is 9.68. The van der Waals surface area contributed by atoms with Gasteiger partial charge in [0.1, 0.15) is 17.3 Å². The Bertz CT molecular complexity index is 1160. The molecule has 7 heteroatoms. The first kappa shape index (κ1) is 24.8. The molecule has 35 heavy (non-hydrogen) atoms. The predicted octanol–water partition coefficient (Wildman–Crippen LogP) is 5.27. The summed E-state index contributed by atoms with van der Waals surface area (Å²) in [5.74, 6) is 3.53. The number of methoxy groups -OCH3 is 2. The van der Waals surface area contributed by atoms with Gasteiger partial charge in [0.15, 0.2) is 5.78 Å². The first-order chi connectivity index (χ1) is 16.9. The summed E-state index contributed by atoms with van der Waals surface area (Å²) in [5, 5.41) is 4.83. The molecule has 3 aromatic rings. The fourth-order valence-electron chi connectivity index (χ4n) is 4.82. The zero-order chi connectivity index (χ0) is 24.9. The van der Waals surface area contributed by atoms with E-state index in [2.05, 4.69) is 35.9 Å². The highest BCUT2D eigenvalue weighted by Gasteiger charge is 2.24. The summed E-state index contributed by atoms with van der Waals surface area (Å²) < 4.78 is 12.6. The number of aromatic nitrogens is 3. The Morgan fingerprint density at radius 1 is 1.09 bits per heavy atom. The molecular weight excluding hydrogens is 440 g/mol. The van der Waals surface area contributed by atoms with Gasteiger partial charge in [0, 0.05) is 43.0 Å². The van der Waals surface area contributed by atoms with Crippen LogP contribution in [0.3, 0.4) is 0 Å². The molecule has 1 saturated heterocycles. The lowest BCUT2D eigenvalue weighted by Gasteiger charge is -2.32. The van der Waals surface area contributed by atoms with Crippen molar-refractivity contribution in [1.29, 1.82) is 0 Å². The Balaban J connectivity index is 1.38. The number of hydrogen-bond donors (Lipinski definition) is 0. The van der Waals surface area contributed by atoms with E-state index in [4.69, 9.17) is 14.6 Å². The van der Waals surface area contributed by atoms with Gasteiger partial charge in [0.05, 0.1) is 26.5 Å². The van der Waals surface area contributed by atoms with Crippen molar-refractivity contribution in [3.05, 3.63) is 53.9 Å². The fraction of sp³-hybridized carbons (Fsp3) is 0.464. The Kier molecular flexibility index (Phi) is 7.73. The van der Waals surface area contributed by atoms with Crippen molar-refractivity contribution in [1.82, 2.24) is 14.8 Å². The molecule has 0 bridgehead atoms. The standard InChI is InChI=1S/C28H36N4O3/c1-19(2)26-17-25(22-6-7-27(35-5)20(3)14-22)30-32(26)18-23(33)15-21-9-12-31(13-10-21)28-16-24(34-4)8-11-29-28/h6-8,11,14,16-17,19,21H,9-10,12-13,15,18H2,1-5H3. The number of nitrogens with zero attached hydrogens (tertiary/aromatic N) is 4. The van der Waals surface area contributed by atoms with Crippen LogP contribution in [0.25, 0.3) is 11.3 Å². The minimum atomic E-state index is 0.241. The molecule has 1 aromatic carbocycles. The molecule has 1 aliphatic heterocycles. The van der Waals surface area contributed by atoms with Crippen molar-refractivity contribution >= 4 is 11.6 Å². The number of aryl methyl sites for hydroxylation is 1. The van der Waals surface area contributed by atoms with Gasteiger partial charge in [-0.2, -0.15) is 5.10 Å². The molecule has 0 aliphatic carbocycles. The van der Waals surface area contributed by atoms with Crippen LogP contribution in [0, 0.1) is 12.8 Å². The van der Waals surface area contributed by atoms with E-state index in [1.54, 1.807) is 20.4 Å². The van der Waals surface area contributed by atoms with E-state index in [1.165, 1.54) is 0 Å². The normalized spacial score (nSPS) is 14.4. The van der Waals surface area contributed by atoms with Crippen molar-refractivity contribution in [3.63, 3.8) is 0 Å². The first-order valence-corrected chi connectivity index (χ1v) is 12.4. The molecule has 0 saturated carbocycles. The number of benzene rings is 1. The maximum absolute atomic E-state index is 13.1. The van der Waals surface area contributed by atoms with Gasteiger partial charge in [-0.3, -0.25) is 9.48 Å². The number of piperidine rings is 1. The van der Waals surface area contributed by atoms with Crippen molar-refractivity contribution in [2.24, 2.45) is 5.92 Å². The summed E-state index contributed by atoms with van der Waals surface area (Å²) in [6, 6.07) is 12.0. The topological polar surface area (TPSA) is 69.5 Å². The molecule has 0 radical (unpaired) electrons. The summed E-state index contributed by atoms with van der Waals surface area (Å²) in [4.78, 5) is 19.8. The molecule has 4 rings (SSSR count). The average molecular weight is 477 g/mol. The number of ketones is 1. The van der Waals surface area contributed by atoms with Gasteiger partial charge in [-0.05, 0) is 67.5 Å². The Hall–Kier alpha value is -3.35. The van der Waals surface area contributed by atoms with Crippen LogP contribution in [0.5, 0.6) is 11.5 Å². The third-order valence-electron chi connectivity index (χ3n) is 6.83. The summed E-state index contributed by atoms with van der Waals surface area (Å²) in [7, 11) is 3.35. The van der Waals surface area contributed by atoms with Gasteiger partial charge >= 0.3 is 0 Å². The lowest BCUT2D eigenvalue weighted by atomic mass is 9.91. The largest absolute Gasteiger partial charge is 0.497 e. The zero-order valence-electron chi connectivity index (χ0n) is 21.5. The molecule has 0 atom stereocenters. The van der Waals surface area contributed by atoms with Crippen molar-refractivity contribution in [2.75, 3.05) is 32.2 Å². The van der Waals surface area contributed by atoms with Crippen LogP contribution in [0.2, 0.25) is 0 Å². The molecule has 7 nitrogen and oxygen atoms in total. The Labute approximate surface area is 208 Å². The second-order valence-electron chi connectivity index (χ2n) is 9.68.